The lowest BCUT2D eigenvalue weighted by Gasteiger charge is -2.20. The van der Waals surface area contributed by atoms with E-state index in [0.717, 1.165) is 64.2 Å². The minimum atomic E-state index is -4.71. The van der Waals surface area contributed by atoms with Gasteiger partial charge in [-0.3, -0.25) is 23.4 Å². The predicted molar refractivity (Wildman–Crippen MR) is 208 cm³/mol. The van der Waals surface area contributed by atoms with Crippen LogP contribution in [0.15, 0.2) is 24.3 Å². The van der Waals surface area contributed by atoms with Crippen LogP contribution in [0, 0.1) is 0 Å². The molecule has 0 heterocycles. The first-order valence-electron chi connectivity index (χ1n) is 20.4. The fourth-order valence-corrected chi connectivity index (χ4v) is 6.23. The molecule has 0 radical (unpaired) electrons. The number of hydrogen-bond acceptors (Lipinski definition) is 9. The first kappa shape index (κ1) is 50.0. The van der Waals surface area contributed by atoms with E-state index < -0.39 is 51.1 Å². The number of hydrogen-bond donors (Lipinski definition) is 3. The summed E-state index contributed by atoms with van der Waals surface area (Å²) in [7, 11) is -4.71. The van der Waals surface area contributed by atoms with E-state index >= 15 is 0 Å². The zero-order chi connectivity index (χ0) is 38.5. The predicted octanol–water partition coefficient (Wildman–Crippen LogP) is 10.3. The third kappa shape index (κ3) is 35.0. The van der Waals surface area contributed by atoms with E-state index in [-0.39, 0.29) is 19.4 Å². The molecule has 0 aliphatic heterocycles. The van der Waals surface area contributed by atoms with Crippen molar-refractivity contribution in [3.63, 3.8) is 0 Å². The Morgan fingerprint density at radius 1 is 0.596 bits per heavy atom. The lowest BCUT2D eigenvalue weighted by molar-refractivity contribution is -0.161. The molecule has 12 heteroatoms. The topological polar surface area (TPSA) is 172 Å². The maximum atomic E-state index is 12.6. The lowest BCUT2D eigenvalue weighted by atomic mass is 10.0. The van der Waals surface area contributed by atoms with Crippen molar-refractivity contribution in [2.24, 2.45) is 5.73 Å². The number of nitrogens with two attached hydrogens (primary N) is 1. The largest absolute Gasteiger partial charge is 0.480 e. The van der Waals surface area contributed by atoms with Crippen molar-refractivity contribution in [2.75, 3.05) is 19.8 Å². The van der Waals surface area contributed by atoms with E-state index in [1.54, 1.807) is 0 Å². The number of phosphoric ester groups is 1. The summed E-state index contributed by atoms with van der Waals surface area (Å²) in [6, 6.07) is -1.52. The van der Waals surface area contributed by atoms with Gasteiger partial charge < -0.3 is 25.2 Å². The Hall–Kier alpha value is -2.04. The molecule has 0 aromatic carbocycles. The number of carbonyl (C=O) groups is 3. The highest BCUT2D eigenvalue weighted by molar-refractivity contribution is 7.47. The van der Waals surface area contributed by atoms with E-state index in [2.05, 4.69) is 42.7 Å². The van der Waals surface area contributed by atoms with E-state index in [4.69, 9.17) is 24.8 Å². The number of carboxylic acids is 1. The van der Waals surface area contributed by atoms with Crippen LogP contribution in [-0.4, -0.2) is 59.9 Å². The zero-order valence-corrected chi connectivity index (χ0v) is 33.5. The quantitative estimate of drug-likeness (QED) is 0.0237. The van der Waals surface area contributed by atoms with Crippen LogP contribution in [0.2, 0.25) is 0 Å². The summed E-state index contributed by atoms with van der Waals surface area (Å²) in [5.74, 6) is -2.39. The van der Waals surface area contributed by atoms with Gasteiger partial charge >= 0.3 is 25.7 Å². The van der Waals surface area contributed by atoms with Crippen molar-refractivity contribution in [3.05, 3.63) is 24.3 Å². The van der Waals surface area contributed by atoms with Gasteiger partial charge in [0.25, 0.3) is 0 Å². The summed E-state index contributed by atoms with van der Waals surface area (Å²) in [6.45, 7) is 2.76. The van der Waals surface area contributed by atoms with Crippen molar-refractivity contribution >= 4 is 25.7 Å². The van der Waals surface area contributed by atoms with Gasteiger partial charge in [0.15, 0.2) is 6.10 Å². The highest BCUT2D eigenvalue weighted by atomic mass is 31.2. The van der Waals surface area contributed by atoms with Crippen LogP contribution in [0.3, 0.4) is 0 Å². The summed E-state index contributed by atoms with van der Waals surface area (Å²) >= 11 is 0. The van der Waals surface area contributed by atoms with E-state index in [0.29, 0.717) is 12.8 Å². The molecule has 11 nitrogen and oxygen atoms in total. The molecule has 3 unspecified atom stereocenters. The van der Waals surface area contributed by atoms with Gasteiger partial charge in [-0.1, -0.05) is 147 Å². The number of allylic oxidation sites excluding steroid dienone is 4. The molecule has 4 N–H and O–H groups in total. The molecule has 0 aromatic heterocycles. The van der Waals surface area contributed by atoms with Crippen molar-refractivity contribution in [1.82, 2.24) is 0 Å². The Balaban J connectivity index is 4.41. The average molecular weight is 760 g/mol. The summed E-state index contributed by atoms with van der Waals surface area (Å²) in [5, 5.41) is 8.87. The molecule has 0 aromatic rings. The summed E-state index contributed by atoms with van der Waals surface area (Å²) in [5.41, 5.74) is 5.32. The number of carbonyl (C=O) groups excluding carboxylic acids is 2. The molecule has 0 bridgehead atoms. The zero-order valence-electron chi connectivity index (χ0n) is 32.7. The fourth-order valence-electron chi connectivity index (χ4n) is 5.45. The second kappa shape index (κ2) is 36.0. The molecular formula is C40H74NO10P. The van der Waals surface area contributed by atoms with E-state index in [9.17, 15) is 23.8 Å². The first-order valence-corrected chi connectivity index (χ1v) is 21.9. The highest BCUT2D eigenvalue weighted by Gasteiger charge is 2.28. The van der Waals surface area contributed by atoms with Crippen LogP contribution in [-0.2, 0) is 37.5 Å². The van der Waals surface area contributed by atoms with Crippen molar-refractivity contribution in [2.45, 2.75) is 193 Å². The number of unbranched alkanes of at least 4 members (excludes halogenated alkanes) is 20. The molecule has 0 saturated heterocycles. The maximum absolute atomic E-state index is 12.6. The monoisotopic (exact) mass is 760 g/mol. The Kier molecular flexibility index (Phi) is 34.6. The molecule has 0 spiro atoms. The van der Waals surface area contributed by atoms with Gasteiger partial charge in [-0.25, -0.2) is 4.57 Å². The smallest absolute Gasteiger partial charge is 0.472 e. The molecule has 0 aliphatic carbocycles. The van der Waals surface area contributed by atoms with Gasteiger partial charge in [0.2, 0.25) is 0 Å². The van der Waals surface area contributed by atoms with Crippen LogP contribution in [0.5, 0.6) is 0 Å². The van der Waals surface area contributed by atoms with Gasteiger partial charge in [-0.05, 0) is 44.9 Å². The standard InChI is InChI=1S/C40H74NO10P/c1-3-5-7-9-11-13-15-17-18-20-21-23-25-27-29-31-38(42)48-33-36(34-49-52(46,47)50-35-37(41)40(44)45)51-39(43)32-30-28-26-24-22-19-16-14-12-10-8-6-4-2/h11,13,17-18,36-37H,3-10,12,14-16,19-35,41H2,1-2H3,(H,44,45)(H,46,47). The average Bonchev–Trinajstić information content (AvgIpc) is 3.12. The van der Waals surface area contributed by atoms with Gasteiger partial charge in [-0.2, -0.15) is 0 Å². The van der Waals surface area contributed by atoms with Crippen LogP contribution >= 0.6 is 7.82 Å². The number of aliphatic carboxylic acids is 1. The first-order chi connectivity index (χ1) is 25.1. The van der Waals surface area contributed by atoms with Gasteiger partial charge in [0, 0.05) is 12.8 Å². The van der Waals surface area contributed by atoms with Crippen molar-refractivity contribution in [1.29, 1.82) is 0 Å². The van der Waals surface area contributed by atoms with Crippen LogP contribution in [0.25, 0.3) is 0 Å². The summed E-state index contributed by atoms with van der Waals surface area (Å²) < 4.78 is 32.6. The van der Waals surface area contributed by atoms with Gasteiger partial charge in [-0.15, -0.1) is 0 Å². The molecule has 0 amide bonds. The Bertz CT molecular complexity index is 989. The normalized spacial score (nSPS) is 14.1. The molecule has 304 valence electrons. The second-order valence-electron chi connectivity index (χ2n) is 13.8. The Morgan fingerprint density at radius 2 is 1.02 bits per heavy atom. The maximum Gasteiger partial charge on any atom is 0.472 e. The van der Waals surface area contributed by atoms with E-state index in [1.165, 1.54) is 77.0 Å². The van der Waals surface area contributed by atoms with Crippen LogP contribution in [0.4, 0.5) is 0 Å². The molecule has 3 atom stereocenters. The van der Waals surface area contributed by atoms with Gasteiger partial charge in [0.05, 0.1) is 13.2 Å². The minimum Gasteiger partial charge on any atom is -0.480 e. The Morgan fingerprint density at radius 3 is 1.54 bits per heavy atom. The molecule has 0 aliphatic rings. The molecular weight excluding hydrogens is 685 g/mol. The van der Waals surface area contributed by atoms with Gasteiger partial charge in [0.1, 0.15) is 12.6 Å². The van der Waals surface area contributed by atoms with Crippen LogP contribution < -0.4 is 5.73 Å². The van der Waals surface area contributed by atoms with Crippen LogP contribution in [0.1, 0.15) is 181 Å². The SMILES string of the molecule is CCCCCC=CCC=CCCCCCCCC(=O)OCC(COP(=O)(O)OCC(N)C(=O)O)OC(=O)CCCCCCCCCCCCCCC. The third-order valence-corrected chi connectivity index (χ3v) is 9.65. The third-order valence-electron chi connectivity index (χ3n) is 8.70. The van der Waals surface area contributed by atoms with Crippen molar-refractivity contribution in [3.8, 4) is 0 Å². The van der Waals surface area contributed by atoms with E-state index in [1.807, 2.05) is 0 Å². The molecule has 52 heavy (non-hydrogen) atoms. The minimum absolute atomic E-state index is 0.162. The number of carboxylic acid groups (broad SMARTS) is 1. The number of phosphoric acid groups is 1. The Labute approximate surface area is 315 Å². The lowest BCUT2D eigenvalue weighted by Crippen LogP contribution is -2.34. The molecule has 0 saturated carbocycles. The molecule has 0 fully saturated rings. The number of ether oxygens (including phenoxy) is 2. The fraction of sp³-hybridized carbons (Fsp3) is 0.825. The molecule has 0 rings (SSSR count). The highest BCUT2D eigenvalue weighted by Crippen LogP contribution is 2.43. The second-order valence-corrected chi connectivity index (χ2v) is 15.2. The van der Waals surface area contributed by atoms with Crippen molar-refractivity contribution < 1.29 is 47.5 Å². The summed E-state index contributed by atoms with van der Waals surface area (Å²) in [6.07, 6.45) is 35.2. The number of esters is 2. The number of rotatable bonds is 38. The summed E-state index contributed by atoms with van der Waals surface area (Å²) in [4.78, 5) is 45.8.